The van der Waals surface area contributed by atoms with Crippen LogP contribution in [0.15, 0.2) is 24.3 Å². The number of amides is 1. The second kappa shape index (κ2) is 5.83. The average molecular weight is 380 g/mol. The van der Waals surface area contributed by atoms with E-state index in [0.29, 0.717) is 15.9 Å². The lowest BCUT2D eigenvalue weighted by Gasteiger charge is -1.98. The highest BCUT2D eigenvalue weighted by atomic mass is 35.5. The van der Waals surface area contributed by atoms with Gasteiger partial charge < -0.3 is 5.32 Å². The van der Waals surface area contributed by atoms with Gasteiger partial charge in [-0.1, -0.05) is 22.9 Å². The molecule has 0 atom stereocenters. The maximum atomic E-state index is 12.1. The maximum absolute atomic E-state index is 12.1. The largest absolute Gasteiger partial charge is 0.302 e. The molecule has 4 aromatic rings. The van der Waals surface area contributed by atoms with Gasteiger partial charge in [0.15, 0.2) is 5.13 Å². The Morgan fingerprint density at radius 2 is 1.83 bits per heavy atom. The molecule has 0 unspecified atom stereocenters. The summed E-state index contributed by atoms with van der Waals surface area (Å²) in [6.45, 7) is 1.99. The summed E-state index contributed by atoms with van der Waals surface area (Å²) in [5, 5.41) is 4.52. The number of carbonyl (C=O) groups is 1. The van der Waals surface area contributed by atoms with Crippen molar-refractivity contribution in [3.63, 3.8) is 0 Å². The molecule has 1 amide bonds. The molecule has 3 aromatic heterocycles. The Balaban J connectivity index is 1.61. The van der Waals surface area contributed by atoms with Crippen LogP contribution >= 0.6 is 45.6 Å². The third kappa shape index (κ3) is 2.97. The SMILES string of the molecule is Cc1nc2ccc3nc(NC(=O)Cc4ccc(Cl)s4)sc3c2s1. The van der Waals surface area contributed by atoms with E-state index in [0.717, 1.165) is 30.3 Å². The summed E-state index contributed by atoms with van der Waals surface area (Å²) in [4.78, 5) is 22.1. The van der Waals surface area contributed by atoms with Crippen molar-refractivity contribution in [1.29, 1.82) is 0 Å². The van der Waals surface area contributed by atoms with E-state index in [9.17, 15) is 4.79 Å². The second-order valence-corrected chi connectivity index (χ2v) is 8.95. The van der Waals surface area contributed by atoms with Crippen LogP contribution in [0.25, 0.3) is 20.4 Å². The van der Waals surface area contributed by atoms with Gasteiger partial charge in [-0.15, -0.1) is 22.7 Å². The van der Waals surface area contributed by atoms with Crippen molar-refractivity contribution in [2.45, 2.75) is 13.3 Å². The molecular weight excluding hydrogens is 370 g/mol. The average Bonchev–Trinajstić information content (AvgIpc) is 3.16. The van der Waals surface area contributed by atoms with E-state index in [4.69, 9.17) is 11.6 Å². The van der Waals surface area contributed by atoms with Gasteiger partial charge in [0.05, 0.1) is 36.2 Å². The van der Waals surface area contributed by atoms with Gasteiger partial charge >= 0.3 is 0 Å². The number of fused-ring (bicyclic) bond motifs is 3. The molecule has 0 aliphatic carbocycles. The first-order chi connectivity index (χ1) is 11.1. The molecule has 23 heavy (non-hydrogen) atoms. The number of thiophene rings is 1. The zero-order valence-electron chi connectivity index (χ0n) is 11.9. The number of halogens is 1. The molecule has 0 saturated carbocycles. The van der Waals surface area contributed by atoms with Gasteiger partial charge in [-0.05, 0) is 31.2 Å². The summed E-state index contributed by atoms with van der Waals surface area (Å²) in [5.74, 6) is -0.0840. The van der Waals surface area contributed by atoms with Crippen LogP contribution in [0.5, 0.6) is 0 Å². The number of thiazole rings is 2. The predicted molar refractivity (Wildman–Crippen MR) is 99.2 cm³/mol. The van der Waals surface area contributed by atoms with Crippen molar-refractivity contribution < 1.29 is 4.79 Å². The van der Waals surface area contributed by atoms with E-state index >= 15 is 0 Å². The van der Waals surface area contributed by atoms with E-state index in [1.807, 2.05) is 25.1 Å². The Labute approximate surface area is 148 Å². The van der Waals surface area contributed by atoms with Crippen molar-refractivity contribution in [3.8, 4) is 0 Å². The minimum absolute atomic E-state index is 0.0840. The number of aromatic nitrogens is 2. The second-order valence-electron chi connectivity index (χ2n) is 4.94. The van der Waals surface area contributed by atoms with Crippen LogP contribution in [0.1, 0.15) is 9.88 Å². The molecule has 0 aliphatic rings. The van der Waals surface area contributed by atoms with Gasteiger partial charge in [0.1, 0.15) is 0 Å². The minimum Gasteiger partial charge on any atom is -0.302 e. The number of benzene rings is 1. The highest BCUT2D eigenvalue weighted by molar-refractivity contribution is 7.28. The third-order valence-corrected chi connectivity index (χ3v) is 6.60. The summed E-state index contributed by atoms with van der Waals surface area (Å²) >= 11 is 10.4. The van der Waals surface area contributed by atoms with Gasteiger partial charge in [0.25, 0.3) is 0 Å². The number of hydrogen-bond acceptors (Lipinski definition) is 6. The summed E-state index contributed by atoms with van der Waals surface area (Å²) in [7, 11) is 0. The molecule has 0 spiro atoms. The standard InChI is InChI=1S/C15H10ClN3OS3/c1-7-17-9-3-4-10-14(13(9)21-7)23-15(18-10)19-12(20)6-8-2-5-11(16)22-8/h2-5H,6H2,1H3,(H,18,19,20). The fourth-order valence-electron chi connectivity index (χ4n) is 2.31. The monoisotopic (exact) mass is 379 g/mol. The van der Waals surface area contributed by atoms with Crippen molar-refractivity contribution in [3.05, 3.63) is 38.5 Å². The molecule has 4 nitrogen and oxygen atoms in total. The Morgan fingerprint density at radius 1 is 1.09 bits per heavy atom. The molecule has 1 N–H and O–H groups in total. The number of nitrogens with one attached hydrogen (secondary N) is 1. The van der Waals surface area contributed by atoms with E-state index in [1.54, 1.807) is 17.4 Å². The van der Waals surface area contributed by atoms with Crippen molar-refractivity contribution in [2.75, 3.05) is 5.32 Å². The molecule has 3 heterocycles. The van der Waals surface area contributed by atoms with Crippen LogP contribution in [0.2, 0.25) is 4.34 Å². The number of nitrogens with zero attached hydrogens (tertiary/aromatic N) is 2. The summed E-state index contributed by atoms with van der Waals surface area (Å²) in [6.07, 6.45) is 0.308. The number of hydrogen-bond donors (Lipinski definition) is 1. The van der Waals surface area contributed by atoms with Gasteiger partial charge in [-0.25, -0.2) is 9.97 Å². The van der Waals surface area contributed by atoms with Crippen molar-refractivity contribution in [2.24, 2.45) is 0 Å². The van der Waals surface area contributed by atoms with Crippen LogP contribution in [0.4, 0.5) is 5.13 Å². The Bertz CT molecular complexity index is 1030. The molecule has 4 rings (SSSR count). The fourth-order valence-corrected chi connectivity index (χ4v) is 5.42. The Hall–Kier alpha value is -1.54. The van der Waals surface area contributed by atoms with Gasteiger partial charge in [-0.2, -0.15) is 0 Å². The maximum Gasteiger partial charge on any atom is 0.231 e. The zero-order chi connectivity index (χ0) is 16.0. The van der Waals surface area contributed by atoms with Crippen LogP contribution in [-0.2, 0) is 11.2 Å². The molecule has 1 aromatic carbocycles. The van der Waals surface area contributed by atoms with Crippen molar-refractivity contribution >= 4 is 77.1 Å². The first-order valence-electron chi connectivity index (χ1n) is 6.79. The molecule has 116 valence electrons. The molecule has 8 heteroatoms. The van der Waals surface area contributed by atoms with E-state index < -0.39 is 0 Å². The molecule has 0 fully saturated rings. The van der Waals surface area contributed by atoms with E-state index in [-0.39, 0.29) is 5.91 Å². The summed E-state index contributed by atoms with van der Waals surface area (Å²) < 4.78 is 2.89. The van der Waals surface area contributed by atoms with Crippen molar-refractivity contribution in [1.82, 2.24) is 9.97 Å². The normalized spacial score (nSPS) is 11.4. The fraction of sp³-hybridized carbons (Fsp3) is 0.133. The third-order valence-electron chi connectivity index (χ3n) is 3.23. The van der Waals surface area contributed by atoms with Crippen LogP contribution in [0, 0.1) is 6.92 Å². The van der Waals surface area contributed by atoms with Crippen LogP contribution < -0.4 is 5.32 Å². The zero-order valence-corrected chi connectivity index (χ0v) is 15.1. The Kier molecular flexibility index (Phi) is 3.81. The number of carbonyl (C=O) groups excluding carboxylic acids is 1. The molecule has 0 saturated heterocycles. The van der Waals surface area contributed by atoms with Crippen LogP contribution in [0.3, 0.4) is 0 Å². The molecule has 0 bridgehead atoms. The first-order valence-corrected chi connectivity index (χ1v) is 9.62. The highest BCUT2D eigenvalue weighted by Gasteiger charge is 2.13. The quantitative estimate of drug-likeness (QED) is 0.538. The highest BCUT2D eigenvalue weighted by Crippen LogP contribution is 2.35. The van der Waals surface area contributed by atoms with Gasteiger partial charge in [-0.3, -0.25) is 4.79 Å². The van der Waals surface area contributed by atoms with Crippen LogP contribution in [-0.4, -0.2) is 15.9 Å². The number of anilines is 1. The predicted octanol–water partition coefficient (Wildman–Crippen LogP) is 5.11. The lowest BCUT2D eigenvalue weighted by atomic mass is 10.3. The topological polar surface area (TPSA) is 54.9 Å². The Morgan fingerprint density at radius 3 is 2.57 bits per heavy atom. The number of rotatable bonds is 3. The smallest absolute Gasteiger partial charge is 0.231 e. The first kappa shape index (κ1) is 15.0. The summed E-state index contributed by atoms with van der Waals surface area (Å²) in [5.41, 5.74) is 1.87. The van der Waals surface area contributed by atoms with Gasteiger partial charge in [0.2, 0.25) is 5.91 Å². The minimum atomic E-state index is -0.0840. The lowest BCUT2D eigenvalue weighted by molar-refractivity contribution is -0.115. The molecular formula is C15H10ClN3OS3. The number of aryl methyl sites for hydroxylation is 1. The summed E-state index contributed by atoms with van der Waals surface area (Å²) in [6, 6.07) is 7.59. The van der Waals surface area contributed by atoms with E-state index in [1.165, 1.54) is 22.7 Å². The van der Waals surface area contributed by atoms with Gasteiger partial charge in [0, 0.05) is 4.88 Å². The lowest BCUT2D eigenvalue weighted by Crippen LogP contribution is -2.13. The molecule has 0 aliphatic heterocycles. The van der Waals surface area contributed by atoms with E-state index in [2.05, 4.69) is 15.3 Å². The molecule has 0 radical (unpaired) electrons.